The highest BCUT2D eigenvalue weighted by atomic mass is 16.4. The van der Waals surface area contributed by atoms with Crippen LogP contribution in [0, 0.1) is 0 Å². The number of hydrogen-bond acceptors (Lipinski definition) is 5. The number of urea groups is 1. The molecule has 19 heavy (non-hydrogen) atoms. The van der Waals surface area contributed by atoms with Crippen LogP contribution in [0.3, 0.4) is 0 Å². The van der Waals surface area contributed by atoms with E-state index in [0.717, 1.165) is 0 Å². The Morgan fingerprint density at radius 2 is 2.05 bits per heavy atom. The lowest BCUT2D eigenvalue weighted by molar-refractivity contribution is -0.137. The SMILES string of the molecule is O=C(O)CCCC(=O)NC(=O)NCc1cccnn1. The van der Waals surface area contributed by atoms with E-state index < -0.39 is 17.9 Å². The highest BCUT2D eigenvalue weighted by Crippen LogP contribution is 1.95. The Kier molecular flexibility index (Phi) is 5.93. The number of nitrogens with one attached hydrogen (secondary N) is 2. The lowest BCUT2D eigenvalue weighted by Crippen LogP contribution is -2.39. The Morgan fingerprint density at radius 1 is 1.26 bits per heavy atom. The molecule has 1 rings (SSSR count). The average molecular weight is 266 g/mol. The van der Waals surface area contributed by atoms with Gasteiger partial charge in [-0.2, -0.15) is 10.2 Å². The molecule has 0 aliphatic carbocycles. The van der Waals surface area contributed by atoms with E-state index in [2.05, 4.69) is 20.8 Å². The monoisotopic (exact) mass is 266 g/mol. The summed E-state index contributed by atoms with van der Waals surface area (Å²) in [7, 11) is 0. The molecule has 1 heterocycles. The van der Waals surface area contributed by atoms with Gasteiger partial charge in [-0.25, -0.2) is 4.79 Å². The fourth-order valence-corrected chi connectivity index (χ4v) is 1.23. The molecule has 1 aromatic heterocycles. The van der Waals surface area contributed by atoms with Crippen LogP contribution in [-0.4, -0.2) is 33.2 Å². The smallest absolute Gasteiger partial charge is 0.321 e. The van der Waals surface area contributed by atoms with Gasteiger partial charge in [0.15, 0.2) is 0 Å². The maximum absolute atomic E-state index is 11.3. The van der Waals surface area contributed by atoms with Crippen molar-refractivity contribution in [1.82, 2.24) is 20.8 Å². The number of rotatable bonds is 6. The molecule has 0 spiro atoms. The second-order valence-electron chi connectivity index (χ2n) is 3.69. The predicted octanol–water partition coefficient (Wildman–Crippen LogP) is 0.0573. The third-order valence-electron chi connectivity index (χ3n) is 2.11. The van der Waals surface area contributed by atoms with E-state index in [1.807, 2.05) is 0 Å². The first-order valence-corrected chi connectivity index (χ1v) is 5.64. The summed E-state index contributed by atoms with van der Waals surface area (Å²) in [5.41, 5.74) is 0.566. The molecule has 0 atom stereocenters. The van der Waals surface area contributed by atoms with Crippen LogP contribution < -0.4 is 10.6 Å². The van der Waals surface area contributed by atoms with Crippen molar-refractivity contribution < 1.29 is 19.5 Å². The Balaban J connectivity index is 2.20. The Labute approximate surface area is 109 Å². The maximum Gasteiger partial charge on any atom is 0.321 e. The van der Waals surface area contributed by atoms with Gasteiger partial charge in [-0.3, -0.25) is 14.9 Å². The summed E-state index contributed by atoms with van der Waals surface area (Å²) in [5, 5.41) is 20.3. The average Bonchev–Trinajstić information content (AvgIpc) is 2.37. The largest absolute Gasteiger partial charge is 0.481 e. The van der Waals surface area contributed by atoms with Crippen LogP contribution in [0.1, 0.15) is 25.0 Å². The van der Waals surface area contributed by atoms with Gasteiger partial charge in [0.25, 0.3) is 0 Å². The van der Waals surface area contributed by atoms with Crippen molar-refractivity contribution in [1.29, 1.82) is 0 Å². The summed E-state index contributed by atoms with van der Waals surface area (Å²) < 4.78 is 0. The van der Waals surface area contributed by atoms with Crippen LogP contribution in [-0.2, 0) is 16.1 Å². The topological polar surface area (TPSA) is 121 Å². The highest BCUT2D eigenvalue weighted by molar-refractivity contribution is 5.94. The summed E-state index contributed by atoms with van der Waals surface area (Å²) in [6, 6.07) is 2.71. The summed E-state index contributed by atoms with van der Waals surface area (Å²) in [5.74, 6) is -1.49. The number of carbonyl (C=O) groups is 3. The van der Waals surface area contributed by atoms with Crippen molar-refractivity contribution in [3.63, 3.8) is 0 Å². The number of amides is 3. The number of carbonyl (C=O) groups excluding carboxylic acids is 2. The standard InChI is InChI=1S/C11H14N4O4/c16-9(4-1-5-10(17)18)14-11(19)12-7-8-3-2-6-13-15-8/h2-3,6H,1,4-5,7H2,(H,17,18)(H2,12,14,16,19). The van der Waals surface area contributed by atoms with Crippen molar-refractivity contribution in [3.8, 4) is 0 Å². The first-order chi connectivity index (χ1) is 9.08. The molecule has 0 aromatic carbocycles. The van der Waals surface area contributed by atoms with Gasteiger partial charge in [0.1, 0.15) is 0 Å². The molecule has 8 heteroatoms. The van der Waals surface area contributed by atoms with Crippen molar-refractivity contribution in [2.24, 2.45) is 0 Å². The van der Waals surface area contributed by atoms with E-state index in [-0.39, 0.29) is 25.8 Å². The van der Waals surface area contributed by atoms with Gasteiger partial charge in [-0.05, 0) is 18.6 Å². The van der Waals surface area contributed by atoms with E-state index in [1.54, 1.807) is 12.1 Å². The van der Waals surface area contributed by atoms with Crippen LogP contribution in [0.25, 0.3) is 0 Å². The number of hydrogen-bond donors (Lipinski definition) is 3. The minimum Gasteiger partial charge on any atom is -0.481 e. The zero-order valence-electron chi connectivity index (χ0n) is 10.1. The van der Waals surface area contributed by atoms with E-state index in [4.69, 9.17) is 5.11 Å². The molecule has 102 valence electrons. The molecule has 0 radical (unpaired) electrons. The van der Waals surface area contributed by atoms with Crippen LogP contribution in [0.5, 0.6) is 0 Å². The lowest BCUT2D eigenvalue weighted by atomic mass is 10.2. The molecule has 0 fully saturated rings. The highest BCUT2D eigenvalue weighted by Gasteiger charge is 2.08. The molecular formula is C11H14N4O4. The number of aromatic nitrogens is 2. The van der Waals surface area contributed by atoms with Crippen LogP contribution in [0.15, 0.2) is 18.3 Å². The van der Waals surface area contributed by atoms with Gasteiger partial charge in [-0.15, -0.1) is 0 Å². The first-order valence-electron chi connectivity index (χ1n) is 5.64. The molecule has 0 aliphatic heterocycles. The lowest BCUT2D eigenvalue weighted by Gasteiger charge is -2.05. The van der Waals surface area contributed by atoms with E-state index in [0.29, 0.717) is 5.69 Å². The molecule has 0 saturated heterocycles. The maximum atomic E-state index is 11.3. The molecule has 0 aliphatic rings. The molecule has 8 nitrogen and oxygen atoms in total. The molecule has 0 bridgehead atoms. The molecule has 0 unspecified atom stereocenters. The number of nitrogens with zero attached hydrogens (tertiary/aromatic N) is 2. The van der Waals surface area contributed by atoms with E-state index in [1.165, 1.54) is 6.20 Å². The number of imide groups is 1. The third kappa shape index (κ3) is 6.71. The number of carboxylic acids is 1. The van der Waals surface area contributed by atoms with Crippen molar-refractivity contribution >= 4 is 17.9 Å². The quantitative estimate of drug-likeness (QED) is 0.669. The van der Waals surface area contributed by atoms with E-state index >= 15 is 0 Å². The minimum atomic E-state index is -0.972. The molecule has 3 amide bonds. The third-order valence-corrected chi connectivity index (χ3v) is 2.11. The number of aliphatic carboxylic acids is 1. The van der Waals surface area contributed by atoms with Gasteiger partial charge in [0, 0.05) is 19.0 Å². The van der Waals surface area contributed by atoms with Gasteiger partial charge in [0.05, 0.1) is 12.2 Å². The van der Waals surface area contributed by atoms with Crippen molar-refractivity contribution in [2.45, 2.75) is 25.8 Å². The molecular weight excluding hydrogens is 252 g/mol. The summed E-state index contributed by atoms with van der Waals surface area (Å²) in [6.07, 6.45) is 1.59. The Morgan fingerprint density at radius 3 is 2.68 bits per heavy atom. The first kappa shape index (κ1) is 14.6. The molecule has 1 aromatic rings. The Bertz CT molecular complexity index is 449. The zero-order valence-corrected chi connectivity index (χ0v) is 10.1. The van der Waals surface area contributed by atoms with Gasteiger partial charge < -0.3 is 10.4 Å². The second kappa shape index (κ2) is 7.75. The molecule has 0 saturated carbocycles. The fourth-order valence-electron chi connectivity index (χ4n) is 1.23. The summed E-state index contributed by atoms with van der Waals surface area (Å²) in [6.45, 7) is 0.155. The summed E-state index contributed by atoms with van der Waals surface area (Å²) in [4.78, 5) is 32.8. The van der Waals surface area contributed by atoms with Gasteiger partial charge >= 0.3 is 12.0 Å². The van der Waals surface area contributed by atoms with Gasteiger partial charge in [0.2, 0.25) is 5.91 Å². The zero-order chi connectivity index (χ0) is 14.1. The second-order valence-corrected chi connectivity index (χ2v) is 3.69. The van der Waals surface area contributed by atoms with Crippen molar-refractivity contribution in [2.75, 3.05) is 0 Å². The van der Waals surface area contributed by atoms with Crippen LogP contribution >= 0.6 is 0 Å². The summed E-state index contributed by atoms with van der Waals surface area (Å²) >= 11 is 0. The normalized spacial score (nSPS) is 9.68. The van der Waals surface area contributed by atoms with E-state index in [9.17, 15) is 14.4 Å². The minimum absolute atomic E-state index is 0.00906. The molecule has 3 N–H and O–H groups in total. The van der Waals surface area contributed by atoms with Crippen LogP contribution in [0.4, 0.5) is 4.79 Å². The predicted molar refractivity (Wildman–Crippen MR) is 63.9 cm³/mol. The van der Waals surface area contributed by atoms with Gasteiger partial charge in [-0.1, -0.05) is 0 Å². The number of carboxylic acid groups (broad SMARTS) is 1. The van der Waals surface area contributed by atoms with Crippen molar-refractivity contribution in [3.05, 3.63) is 24.0 Å². The Hall–Kier alpha value is -2.51. The fraction of sp³-hybridized carbons (Fsp3) is 0.364. The van der Waals surface area contributed by atoms with Crippen LogP contribution in [0.2, 0.25) is 0 Å².